The number of imide groups is 1. The Kier molecular flexibility index (Phi) is 2.72. The topological polar surface area (TPSA) is 100 Å². The third-order valence-electron chi connectivity index (χ3n) is 3.02. The molecule has 1 aromatic carbocycles. The molecule has 0 saturated heterocycles. The Morgan fingerprint density at radius 2 is 1.85 bits per heavy atom. The van der Waals surface area contributed by atoms with Crippen LogP contribution in [-0.4, -0.2) is 41.9 Å². The smallest absolute Gasteiger partial charge is 0.374 e. The van der Waals surface area contributed by atoms with Gasteiger partial charge in [0.2, 0.25) is 12.1 Å². The maximum Gasteiger partial charge on any atom is 0.374 e. The second kappa shape index (κ2) is 4.42. The molecule has 0 radical (unpaired) electrons. The standard InChI is InChI=1S/C12H10N4O4/c1-20-11(19)8-13-12(15-14-8)16-9(17)6-4-2-3-5-7(6)10(16)18/h2-5,12,15H,1H3,(H,13,14). The maximum atomic E-state index is 12.2. The van der Waals surface area contributed by atoms with Crippen molar-refractivity contribution in [2.24, 2.45) is 4.99 Å². The zero-order valence-electron chi connectivity index (χ0n) is 10.4. The highest BCUT2D eigenvalue weighted by Crippen LogP contribution is 2.24. The van der Waals surface area contributed by atoms with E-state index in [-0.39, 0.29) is 5.84 Å². The van der Waals surface area contributed by atoms with Crippen LogP contribution < -0.4 is 10.9 Å². The number of fused-ring (bicyclic) bond motifs is 1. The lowest BCUT2D eigenvalue weighted by Crippen LogP contribution is -2.49. The number of aliphatic imine (C=N–C) groups is 1. The van der Waals surface area contributed by atoms with Crippen LogP contribution in [0.15, 0.2) is 29.3 Å². The first-order valence-electron chi connectivity index (χ1n) is 5.78. The number of hydrazine groups is 1. The number of amidine groups is 1. The summed E-state index contributed by atoms with van der Waals surface area (Å²) in [7, 11) is 1.21. The van der Waals surface area contributed by atoms with E-state index in [1.54, 1.807) is 24.3 Å². The van der Waals surface area contributed by atoms with Gasteiger partial charge in [-0.1, -0.05) is 12.1 Å². The van der Waals surface area contributed by atoms with E-state index in [0.29, 0.717) is 11.1 Å². The van der Waals surface area contributed by atoms with Crippen molar-refractivity contribution in [1.29, 1.82) is 0 Å². The molecule has 0 fully saturated rings. The van der Waals surface area contributed by atoms with Crippen LogP contribution in [0.5, 0.6) is 0 Å². The number of methoxy groups -OCH3 is 1. The van der Waals surface area contributed by atoms with Crippen molar-refractivity contribution in [2.75, 3.05) is 7.11 Å². The summed E-state index contributed by atoms with van der Waals surface area (Å²) in [4.78, 5) is 40.6. The second-order valence-electron chi connectivity index (χ2n) is 4.14. The van der Waals surface area contributed by atoms with E-state index in [0.717, 1.165) is 4.90 Å². The summed E-state index contributed by atoms with van der Waals surface area (Å²) < 4.78 is 4.50. The number of benzene rings is 1. The summed E-state index contributed by atoms with van der Waals surface area (Å²) in [6.07, 6.45) is -0.975. The zero-order chi connectivity index (χ0) is 14.3. The van der Waals surface area contributed by atoms with Crippen LogP contribution in [0, 0.1) is 0 Å². The Morgan fingerprint density at radius 1 is 1.25 bits per heavy atom. The van der Waals surface area contributed by atoms with Crippen LogP contribution in [0.1, 0.15) is 20.7 Å². The van der Waals surface area contributed by atoms with Crippen LogP contribution in [0.25, 0.3) is 0 Å². The van der Waals surface area contributed by atoms with Gasteiger partial charge in [-0.2, -0.15) is 5.43 Å². The molecule has 2 heterocycles. The molecule has 8 heteroatoms. The van der Waals surface area contributed by atoms with Gasteiger partial charge in [-0.05, 0) is 12.1 Å². The van der Waals surface area contributed by atoms with E-state index >= 15 is 0 Å². The van der Waals surface area contributed by atoms with Crippen LogP contribution in [0.2, 0.25) is 0 Å². The molecule has 1 aromatic rings. The van der Waals surface area contributed by atoms with Gasteiger partial charge in [0.05, 0.1) is 18.2 Å². The largest absolute Gasteiger partial charge is 0.463 e. The summed E-state index contributed by atoms with van der Waals surface area (Å²) in [5.41, 5.74) is 5.71. The Hall–Kier alpha value is -2.74. The van der Waals surface area contributed by atoms with Gasteiger partial charge >= 0.3 is 5.97 Å². The fourth-order valence-electron chi connectivity index (χ4n) is 2.07. The highest BCUT2D eigenvalue weighted by atomic mass is 16.5. The Bertz CT molecular complexity index is 620. The lowest BCUT2D eigenvalue weighted by Gasteiger charge is -2.18. The van der Waals surface area contributed by atoms with Gasteiger partial charge in [0.1, 0.15) is 0 Å². The highest BCUT2D eigenvalue weighted by Gasteiger charge is 2.42. The van der Waals surface area contributed by atoms with Crippen molar-refractivity contribution in [3.8, 4) is 0 Å². The van der Waals surface area contributed by atoms with Crippen molar-refractivity contribution < 1.29 is 19.1 Å². The molecule has 2 N–H and O–H groups in total. The number of rotatable bonds is 2. The summed E-state index contributed by atoms with van der Waals surface area (Å²) in [6.45, 7) is 0. The number of amides is 2. The average Bonchev–Trinajstić information content (AvgIpc) is 3.03. The van der Waals surface area contributed by atoms with Crippen molar-refractivity contribution in [1.82, 2.24) is 15.8 Å². The van der Waals surface area contributed by atoms with Gasteiger partial charge in [-0.25, -0.2) is 14.7 Å². The van der Waals surface area contributed by atoms with Crippen molar-refractivity contribution in [2.45, 2.75) is 6.29 Å². The molecular formula is C12H10N4O4. The Balaban J connectivity index is 1.91. The van der Waals surface area contributed by atoms with E-state index in [4.69, 9.17) is 0 Å². The zero-order valence-corrected chi connectivity index (χ0v) is 10.4. The minimum absolute atomic E-state index is 0.0888. The molecule has 8 nitrogen and oxygen atoms in total. The molecule has 0 aromatic heterocycles. The SMILES string of the molecule is COC(=O)C1=NC(N2C(=O)c3ccccc3C2=O)NN1. The number of carbonyl (C=O) groups is 3. The van der Waals surface area contributed by atoms with Gasteiger partial charge in [-0.15, -0.1) is 0 Å². The fraction of sp³-hybridized carbons (Fsp3) is 0.167. The lowest BCUT2D eigenvalue weighted by atomic mass is 10.1. The van der Waals surface area contributed by atoms with Gasteiger partial charge in [0.25, 0.3) is 11.8 Å². The van der Waals surface area contributed by atoms with Crippen molar-refractivity contribution >= 4 is 23.6 Å². The third-order valence-corrected chi connectivity index (χ3v) is 3.02. The minimum atomic E-state index is -0.975. The molecule has 2 amide bonds. The molecule has 2 aliphatic heterocycles. The number of carbonyl (C=O) groups excluding carboxylic acids is 3. The molecule has 1 unspecified atom stereocenters. The number of nitrogens with one attached hydrogen (secondary N) is 2. The van der Waals surface area contributed by atoms with E-state index in [9.17, 15) is 14.4 Å². The van der Waals surface area contributed by atoms with E-state index in [1.807, 2.05) is 0 Å². The van der Waals surface area contributed by atoms with E-state index in [1.165, 1.54) is 7.11 Å². The monoisotopic (exact) mass is 274 g/mol. The molecule has 0 aliphatic carbocycles. The average molecular weight is 274 g/mol. The fourth-order valence-corrected chi connectivity index (χ4v) is 2.07. The maximum absolute atomic E-state index is 12.2. The number of hydrogen-bond donors (Lipinski definition) is 2. The molecule has 0 saturated carbocycles. The first kappa shape index (κ1) is 12.3. The van der Waals surface area contributed by atoms with Gasteiger partial charge in [0.15, 0.2) is 0 Å². The quantitative estimate of drug-likeness (QED) is 0.543. The number of nitrogens with zero attached hydrogens (tertiary/aromatic N) is 2. The van der Waals surface area contributed by atoms with Crippen LogP contribution in [-0.2, 0) is 9.53 Å². The van der Waals surface area contributed by atoms with Crippen LogP contribution >= 0.6 is 0 Å². The minimum Gasteiger partial charge on any atom is -0.463 e. The molecular weight excluding hydrogens is 264 g/mol. The predicted molar refractivity (Wildman–Crippen MR) is 66.5 cm³/mol. The molecule has 3 rings (SSSR count). The van der Waals surface area contributed by atoms with Gasteiger partial charge in [0, 0.05) is 0 Å². The summed E-state index contributed by atoms with van der Waals surface area (Å²) in [5.74, 6) is -1.69. The van der Waals surface area contributed by atoms with E-state index in [2.05, 4.69) is 20.6 Å². The number of ether oxygens (including phenoxy) is 1. The summed E-state index contributed by atoms with van der Waals surface area (Å²) in [6, 6.07) is 6.50. The molecule has 0 spiro atoms. The summed E-state index contributed by atoms with van der Waals surface area (Å²) >= 11 is 0. The van der Waals surface area contributed by atoms with Crippen molar-refractivity contribution in [3.05, 3.63) is 35.4 Å². The van der Waals surface area contributed by atoms with Gasteiger partial charge in [-0.3, -0.25) is 15.0 Å². The molecule has 1 atom stereocenters. The van der Waals surface area contributed by atoms with Crippen LogP contribution in [0.3, 0.4) is 0 Å². The Labute approximate surface area is 113 Å². The molecule has 2 aliphatic rings. The number of esters is 1. The third kappa shape index (κ3) is 1.66. The summed E-state index contributed by atoms with van der Waals surface area (Å²) in [5, 5.41) is 0. The molecule has 20 heavy (non-hydrogen) atoms. The van der Waals surface area contributed by atoms with E-state index < -0.39 is 24.1 Å². The predicted octanol–water partition coefficient (Wildman–Crippen LogP) is -0.755. The highest BCUT2D eigenvalue weighted by molar-refractivity contribution is 6.35. The first-order valence-corrected chi connectivity index (χ1v) is 5.78. The van der Waals surface area contributed by atoms with Crippen molar-refractivity contribution in [3.63, 3.8) is 0 Å². The molecule has 0 bridgehead atoms. The van der Waals surface area contributed by atoms with Crippen LogP contribution in [0.4, 0.5) is 0 Å². The van der Waals surface area contributed by atoms with Gasteiger partial charge < -0.3 is 4.74 Å². The lowest BCUT2D eigenvalue weighted by molar-refractivity contribution is -0.132. The Morgan fingerprint density at radius 3 is 2.40 bits per heavy atom. The second-order valence-corrected chi connectivity index (χ2v) is 4.14. The normalized spacial score (nSPS) is 20.6. The first-order chi connectivity index (χ1) is 9.63. The molecule has 102 valence electrons. The number of hydrogen-bond acceptors (Lipinski definition) is 7.